The molecule has 0 unspecified atom stereocenters. The van der Waals surface area contributed by atoms with Crippen LogP contribution >= 0.6 is 0 Å². The van der Waals surface area contributed by atoms with Crippen molar-refractivity contribution in [2.75, 3.05) is 5.32 Å². The Morgan fingerprint density at radius 2 is 1.97 bits per heavy atom. The Bertz CT molecular complexity index is 1330. The van der Waals surface area contributed by atoms with Crippen LogP contribution in [0.1, 0.15) is 64.1 Å². The van der Waals surface area contributed by atoms with E-state index in [-0.39, 0.29) is 22.5 Å². The van der Waals surface area contributed by atoms with E-state index in [4.69, 9.17) is 5.73 Å². The van der Waals surface area contributed by atoms with E-state index in [0.717, 1.165) is 12.8 Å². The highest BCUT2D eigenvalue weighted by Crippen LogP contribution is 2.40. The minimum absolute atomic E-state index is 0.0837. The monoisotopic (exact) mass is 421 g/mol. The number of amides is 2. The smallest absolute Gasteiger partial charge is 0.329 e. The van der Waals surface area contributed by atoms with E-state index in [1.54, 1.807) is 31.2 Å². The first-order valence-corrected chi connectivity index (χ1v) is 10.2. The molecule has 9 heteroatoms. The van der Waals surface area contributed by atoms with E-state index >= 15 is 0 Å². The quantitative estimate of drug-likeness (QED) is 0.559. The zero-order chi connectivity index (χ0) is 22.3. The molecule has 1 fully saturated rings. The number of aromatic nitrogens is 3. The van der Waals surface area contributed by atoms with Gasteiger partial charge >= 0.3 is 5.69 Å². The highest BCUT2D eigenvalue weighted by molar-refractivity contribution is 6.12. The topological polar surface area (TPSA) is 140 Å². The first-order chi connectivity index (χ1) is 14.8. The Kier molecular flexibility index (Phi) is 5.18. The van der Waals surface area contributed by atoms with Gasteiger partial charge in [-0.25, -0.2) is 9.78 Å². The van der Waals surface area contributed by atoms with Gasteiger partial charge in [-0.2, -0.15) is 0 Å². The first kappa shape index (κ1) is 20.5. The Morgan fingerprint density at radius 3 is 2.58 bits per heavy atom. The average Bonchev–Trinajstić information content (AvgIpc) is 3.55. The Morgan fingerprint density at radius 1 is 1.23 bits per heavy atom. The molecule has 1 aromatic carbocycles. The van der Waals surface area contributed by atoms with E-state index in [1.807, 2.05) is 6.92 Å². The summed E-state index contributed by atoms with van der Waals surface area (Å²) < 4.78 is 1.41. The maximum atomic E-state index is 13.2. The number of nitrogens with one attached hydrogen (secondary N) is 2. The van der Waals surface area contributed by atoms with E-state index in [0.29, 0.717) is 35.5 Å². The normalized spacial score (nSPS) is 13.4. The summed E-state index contributed by atoms with van der Waals surface area (Å²) in [5, 5.41) is 2.86. The Hall–Kier alpha value is -3.75. The van der Waals surface area contributed by atoms with Crippen molar-refractivity contribution < 1.29 is 9.59 Å². The number of anilines is 1. The number of nitrogens with two attached hydrogens (primary N) is 1. The second-order valence-electron chi connectivity index (χ2n) is 7.83. The van der Waals surface area contributed by atoms with E-state index in [9.17, 15) is 19.2 Å². The summed E-state index contributed by atoms with van der Waals surface area (Å²) >= 11 is 0. The van der Waals surface area contributed by atoms with Crippen molar-refractivity contribution in [2.45, 2.75) is 45.6 Å². The van der Waals surface area contributed by atoms with Crippen molar-refractivity contribution in [1.82, 2.24) is 14.5 Å². The van der Waals surface area contributed by atoms with Crippen molar-refractivity contribution in [3.8, 4) is 0 Å². The van der Waals surface area contributed by atoms with Gasteiger partial charge in [0.15, 0.2) is 5.65 Å². The summed E-state index contributed by atoms with van der Waals surface area (Å²) in [6.45, 7) is 4.01. The fraction of sp³-hybridized carbons (Fsp3) is 0.318. The molecule has 0 atom stereocenters. The second-order valence-corrected chi connectivity index (χ2v) is 7.83. The van der Waals surface area contributed by atoms with E-state index in [1.165, 1.54) is 4.57 Å². The molecule has 0 bridgehead atoms. The van der Waals surface area contributed by atoms with Gasteiger partial charge in [0.1, 0.15) is 0 Å². The van der Waals surface area contributed by atoms with Crippen LogP contribution < -0.4 is 22.3 Å². The van der Waals surface area contributed by atoms with Gasteiger partial charge in [-0.15, -0.1) is 0 Å². The zero-order valence-electron chi connectivity index (χ0n) is 17.3. The van der Waals surface area contributed by atoms with Gasteiger partial charge in [0, 0.05) is 29.4 Å². The molecular formula is C22H23N5O4. The molecular weight excluding hydrogens is 398 g/mol. The Labute approximate surface area is 177 Å². The molecule has 2 amide bonds. The number of primary amides is 1. The minimum atomic E-state index is -0.646. The number of fused-ring (bicyclic) bond motifs is 1. The average molecular weight is 421 g/mol. The molecule has 3 aromatic rings. The SMILES string of the molecule is CCCn1c(=O)[nH]c(=O)c2c(C(=O)Nc3ccc(C(N)=O)c(C)c3)cc(C3CC3)nc21. The number of rotatable bonds is 6. The molecule has 2 heterocycles. The molecule has 0 aliphatic heterocycles. The van der Waals surface area contributed by atoms with Crippen molar-refractivity contribution in [3.63, 3.8) is 0 Å². The standard InChI is InChI=1S/C22H23N5O4/c1-3-8-27-19-17(21(30)26-22(27)31)15(10-16(25-19)12-4-5-12)20(29)24-13-6-7-14(18(23)28)11(2)9-13/h6-7,9-10,12H,3-5,8H2,1-2H3,(H2,23,28)(H,24,29)(H,26,30,31). The lowest BCUT2D eigenvalue weighted by atomic mass is 10.1. The van der Waals surface area contributed by atoms with Crippen molar-refractivity contribution in [1.29, 1.82) is 0 Å². The maximum Gasteiger partial charge on any atom is 0.329 e. The summed E-state index contributed by atoms with van der Waals surface area (Å²) in [6.07, 6.45) is 2.58. The van der Waals surface area contributed by atoms with Crippen molar-refractivity contribution in [2.24, 2.45) is 5.73 Å². The number of aromatic amines is 1. The maximum absolute atomic E-state index is 13.2. The van der Waals surface area contributed by atoms with Crippen LogP contribution in [0.25, 0.3) is 11.0 Å². The van der Waals surface area contributed by atoms with Crippen LogP contribution in [0.5, 0.6) is 0 Å². The highest BCUT2D eigenvalue weighted by atomic mass is 16.2. The van der Waals surface area contributed by atoms with Gasteiger partial charge in [0.2, 0.25) is 5.91 Å². The van der Waals surface area contributed by atoms with Crippen LogP contribution in [0.2, 0.25) is 0 Å². The van der Waals surface area contributed by atoms with Gasteiger partial charge in [-0.05, 0) is 56.0 Å². The number of benzene rings is 1. The van der Waals surface area contributed by atoms with Crippen molar-refractivity contribution in [3.05, 3.63) is 67.5 Å². The number of nitrogens with zero attached hydrogens (tertiary/aromatic N) is 2. The van der Waals surface area contributed by atoms with Crippen molar-refractivity contribution >= 4 is 28.5 Å². The molecule has 160 valence electrons. The molecule has 1 aliphatic rings. The summed E-state index contributed by atoms with van der Waals surface area (Å²) in [7, 11) is 0. The third-order valence-corrected chi connectivity index (χ3v) is 5.41. The predicted octanol–water partition coefficient (Wildman–Crippen LogP) is 2.03. The van der Waals surface area contributed by atoms with Crippen LogP contribution in [0.15, 0.2) is 33.9 Å². The van der Waals surface area contributed by atoms with Crippen LogP contribution in [0.3, 0.4) is 0 Å². The van der Waals surface area contributed by atoms with Gasteiger partial charge in [-0.3, -0.25) is 23.9 Å². The minimum Gasteiger partial charge on any atom is -0.366 e. The number of carbonyl (C=O) groups is 2. The molecule has 1 saturated carbocycles. The van der Waals surface area contributed by atoms with Crippen LogP contribution in [-0.4, -0.2) is 26.3 Å². The number of aryl methyl sites for hydroxylation is 2. The first-order valence-electron chi connectivity index (χ1n) is 10.2. The molecule has 0 saturated heterocycles. The van der Waals surface area contributed by atoms with Gasteiger partial charge in [0.05, 0.1) is 10.9 Å². The lowest BCUT2D eigenvalue weighted by molar-refractivity contribution is 0.0998. The molecule has 1 aliphatic carbocycles. The number of pyridine rings is 1. The Balaban J connectivity index is 1.84. The molecule has 31 heavy (non-hydrogen) atoms. The number of hydrogen-bond donors (Lipinski definition) is 3. The van der Waals surface area contributed by atoms with Gasteiger partial charge in [0.25, 0.3) is 11.5 Å². The summed E-state index contributed by atoms with van der Waals surface area (Å²) in [4.78, 5) is 56.5. The largest absolute Gasteiger partial charge is 0.366 e. The fourth-order valence-electron chi connectivity index (χ4n) is 3.71. The molecule has 2 aromatic heterocycles. The molecule has 0 radical (unpaired) electrons. The van der Waals surface area contributed by atoms with E-state index in [2.05, 4.69) is 15.3 Å². The zero-order valence-corrected chi connectivity index (χ0v) is 17.3. The van der Waals surface area contributed by atoms with Crippen LogP contribution in [-0.2, 0) is 6.54 Å². The van der Waals surface area contributed by atoms with Crippen LogP contribution in [0.4, 0.5) is 5.69 Å². The molecule has 4 rings (SSSR count). The number of hydrogen-bond acceptors (Lipinski definition) is 5. The fourth-order valence-corrected chi connectivity index (χ4v) is 3.71. The summed E-state index contributed by atoms with van der Waals surface area (Å²) in [5.41, 5.74) is 6.69. The number of H-pyrrole nitrogens is 1. The third kappa shape index (κ3) is 3.86. The van der Waals surface area contributed by atoms with E-state index < -0.39 is 23.1 Å². The number of carbonyl (C=O) groups excluding carboxylic acids is 2. The van der Waals surface area contributed by atoms with Gasteiger partial charge in [-0.1, -0.05) is 6.92 Å². The summed E-state index contributed by atoms with van der Waals surface area (Å²) in [6, 6.07) is 6.39. The molecule has 4 N–H and O–H groups in total. The summed E-state index contributed by atoms with van der Waals surface area (Å²) in [5.74, 6) is -0.824. The predicted molar refractivity (Wildman–Crippen MR) is 117 cm³/mol. The molecule has 9 nitrogen and oxygen atoms in total. The molecule has 0 spiro atoms. The lowest BCUT2D eigenvalue weighted by Crippen LogP contribution is -2.32. The van der Waals surface area contributed by atoms with Crippen LogP contribution in [0, 0.1) is 6.92 Å². The lowest BCUT2D eigenvalue weighted by Gasteiger charge is -2.13. The highest BCUT2D eigenvalue weighted by Gasteiger charge is 2.28. The second kappa shape index (κ2) is 7.82. The van der Waals surface area contributed by atoms with Gasteiger partial charge < -0.3 is 11.1 Å². The third-order valence-electron chi connectivity index (χ3n) is 5.41.